The lowest BCUT2D eigenvalue weighted by Crippen LogP contribution is -2.41. The summed E-state index contributed by atoms with van der Waals surface area (Å²) < 4.78 is 25.2. The lowest BCUT2D eigenvalue weighted by Gasteiger charge is -2.18. The Morgan fingerprint density at radius 1 is 1.05 bits per heavy atom. The van der Waals surface area contributed by atoms with Crippen LogP contribution in [0.1, 0.15) is 19.4 Å². The van der Waals surface area contributed by atoms with Crippen LogP contribution in [0, 0.1) is 0 Å². The van der Waals surface area contributed by atoms with Crippen molar-refractivity contribution in [2.24, 2.45) is 0 Å². The molecule has 0 radical (unpaired) electrons. The van der Waals surface area contributed by atoms with Gasteiger partial charge < -0.3 is 10.6 Å². The molecule has 0 bridgehead atoms. The molecule has 1 rings (SSSR count). The summed E-state index contributed by atoms with van der Waals surface area (Å²) in [5.41, 5.74) is 1.15. The molecule has 2 N–H and O–H groups in total. The Morgan fingerprint density at radius 3 is 2.23 bits per heavy atom. The average molecular weight is 327 g/mol. The first kappa shape index (κ1) is 18.4. The van der Waals surface area contributed by atoms with Gasteiger partial charge in [0.15, 0.2) is 0 Å². The summed E-state index contributed by atoms with van der Waals surface area (Å²) in [7, 11) is -3.29. The van der Waals surface area contributed by atoms with Crippen LogP contribution in [0.25, 0.3) is 0 Å². The standard InChI is InChI=1S/C15H25N3O3S/c1-3-18(4-2)22(20,21)13-12-17-15(19)16-11-10-14-8-6-5-7-9-14/h5-9H,3-4,10-13H2,1-2H3,(H2,16,17,19). The van der Waals surface area contributed by atoms with Crippen LogP contribution >= 0.6 is 0 Å². The van der Waals surface area contributed by atoms with Crippen molar-refractivity contribution in [1.29, 1.82) is 0 Å². The van der Waals surface area contributed by atoms with Crippen molar-refractivity contribution in [2.45, 2.75) is 20.3 Å². The summed E-state index contributed by atoms with van der Waals surface area (Å²) in [5, 5.41) is 5.29. The summed E-state index contributed by atoms with van der Waals surface area (Å²) in [4.78, 5) is 11.6. The minimum Gasteiger partial charge on any atom is -0.338 e. The lowest BCUT2D eigenvalue weighted by atomic mass is 10.1. The van der Waals surface area contributed by atoms with Gasteiger partial charge in [-0.2, -0.15) is 0 Å². The van der Waals surface area contributed by atoms with E-state index in [1.807, 2.05) is 30.3 Å². The van der Waals surface area contributed by atoms with Crippen LogP contribution in [0.3, 0.4) is 0 Å². The van der Waals surface area contributed by atoms with Gasteiger partial charge in [-0.15, -0.1) is 0 Å². The van der Waals surface area contributed by atoms with E-state index in [1.165, 1.54) is 4.31 Å². The maximum Gasteiger partial charge on any atom is 0.314 e. The van der Waals surface area contributed by atoms with Crippen LogP contribution < -0.4 is 10.6 Å². The second-order valence-electron chi connectivity index (χ2n) is 4.82. The molecule has 7 heteroatoms. The minimum atomic E-state index is -3.29. The Morgan fingerprint density at radius 2 is 1.64 bits per heavy atom. The monoisotopic (exact) mass is 327 g/mol. The fraction of sp³-hybridized carbons (Fsp3) is 0.533. The number of urea groups is 1. The molecule has 0 aliphatic heterocycles. The first-order valence-electron chi connectivity index (χ1n) is 7.53. The van der Waals surface area contributed by atoms with E-state index in [-0.39, 0.29) is 18.3 Å². The fourth-order valence-electron chi connectivity index (χ4n) is 2.07. The molecular formula is C15H25N3O3S. The first-order chi connectivity index (χ1) is 10.5. The third kappa shape index (κ3) is 6.44. The van der Waals surface area contributed by atoms with Gasteiger partial charge >= 0.3 is 6.03 Å². The predicted molar refractivity (Wildman–Crippen MR) is 88.3 cm³/mol. The van der Waals surface area contributed by atoms with E-state index in [4.69, 9.17) is 0 Å². The van der Waals surface area contributed by atoms with Crippen molar-refractivity contribution < 1.29 is 13.2 Å². The van der Waals surface area contributed by atoms with Gasteiger partial charge in [0.2, 0.25) is 10.0 Å². The van der Waals surface area contributed by atoms with Gasteiger partial charge in [-0.3, -0.25) is 0 Å². The van der Waals surface area contributed by atoms with Crippen molar-refractivity contribution in [3.05, 3.63) is 35.9 Å². The van der Waals surface area contributed by atoms with Gasteiger partial charge in [0.05, 0.1) is 5.75 Å². The van der Waals surface area contributed by atoms with Crippen LogP contribution in [-0.4, -0.2) is 50.7 Å². The third-order valence-electron chi connectivity index (χ3n) is 3.29. The molecule has 0 saturated carbocycles. The molecule has 6 nitrogen and oxygen atoms in total. The Kier molecular flexibility index (Phi) is 7.90. The number of rotatable bonds is 9. The Bertz CT molecular complexity index is 542. The maximum atomic E-state index is 11.9. The van der Waals surface area contributed by atoms with Crippen molar-refractivity contribution in [2.75, 3.05) is 31.9 Å². The number of carbonyl (C=O) groups excluding carboxylic acids is 1. The molecule has 0 atom stereocenters. The normalized spacial score (nSPS) is 11.4. The average Bonchev–Trinajstić information content (AvgIpc) is 2.49. The van der Waals surface area contributed by atoms with E-state index in [9.17, 15) is 13.2 Å². The molecule has 2 amide bonds. The third-order valence-corrected chi connectivity index (χ3v) is 5.31. The number of benzene rings is 1. The zero-order valence-electron chi connectivity index (χ0n) is 13.2. The molecule has 124 valence electrons. The van der Waals surface area contributed by atoms with E-state index < -0.39 is 10.0 Å². The molecule has 0 saturated heterocycles. The molecule has 0 unspecified atom stereocenters. The molecule has 0 spiro atoms. The highest BCUT2D eigenvalue weighted by Crippen LogP contribution is 2.00. The summed E-state index contributed by atoms with van der Waals surface area (Å²) >= 11 is 0. The summed E-state index contributed by atoms with van der Waals surface area (Å²) in [6, 6.07) is 9.50. The molecule has 1 aromatic carbocycles. The van der Waals surface area contributed by atoms with Crippen LogP contribution in [0.15, 0.2) is 30.3 Å². The van der Waals surface area contributed by atoms with E-state index in [0.29, 0.717) is 19.6 Å². The highest BCUT2D eigenvalue weighted by Gasteiger charge is 2.18. The van der Waals surface area contributed by atoms with E-state index in [2.05, 4.69) is 10.6 Å². The van der Waals surface area contributed by atoms with Crippen molar-refractivity contribution in [1.82, 2.24) is 14.9 Å². The van der Waals surface area contributed by atoms with Gasteiger partial charge in [0, 0.05) is 26.2 Å². The first-order valence-corrected chi connectivity index (χ1v) is 9.14. The van der Waals surface area contributed by atoms with Crippen molar-refractivity contribution in [3.63, 3.8) is 0 Å². The lowest BCUT2D eigenvalue weighted by molar-refractivity contribution is 0.241. The molecule has 0 aliphatic rings. The van der Waals surface area contributed by atoms with Gasteiger partial charge in [-0.1, -0.05) is 44.2 Å². The molecule has 0 fully saturated rings. The van der Waals surface area contributed by atoms with E-state index in [1.54, 1.807) is 13.8 Å². The number of hydrogen-bond donors (Lipinski definition) is 2. The predicted octanol–water partition coefficient (Wildman–Crippen LogP) is 1.20. The number of hydrogen-bond acceptors (Lipinski definition) is 3. The van der Waals surface area contributed by atoms with Crippen LogP contribution in [0.5, 0.6) is 0 Å². The van der Waals surface area contributed by atoms with Gasteiger partial charge in [0.1, 0.15) is 0 Å². The zero-order valence-corrected chi connectivity index (χ0v) is 14.0. The fourth-order valence-corrected chi connectivity index (χ4v) is 3.47. The smallest absolute Gasteiger partial charge is 0.314 e. The molecular weight excluding hydrogens is 302 g/mol. The largest absolute Gasteiger partial charge is 0.338 e. The number of carbonyl (C=O) groups is 1. The number of sulfonamides is 1. The highest BCUT2D eigenvalue weighted by molar-refractivity contribution is 7.89. The highest BCUT2D eigenvalue weighted by atomic mass is 32.2. The zero-order chi connectivity index (χ0) is 16.4. The van der Waals surface area contributed by atoms with Gasteiger partial charge in [0.25, 0.3) is 0 Å². The Labute approximate surface area is 132 Å². The maximum absolute atomic E-state index is 11.9. The second kappa shape index (κ2) is 9.42. The molecule has 1 aromatic rings. The van der Waals surface area contributed by atoms with Crippen molar-refractivity contribution >= 4 is 16.1 Å². The minimum absolute atomic E-state index is 0.0826. The molecule has 0 heterocycles. The summed E-state index contributed by atoms with van der Waals surface area (Å²) in [5.74, 6) is -0.0826. The quantitative estimate of drug-likeness (QED) is 0.715. The number of nitrogens with zero attached hydrogens (tertiary/aromatic N) is 1. The molecule has 0 aromatic heterocycles. The van der Waals surface area contributed by atoms with Crippen LogP contribution in [0.2, 0.25) is 0 Å². The topological polar surface area (TPSA) is 78.5 Å². The molecule has 22 heavy (non-hydrogen) atoms. The Balaban J connectivity index is 2.23. The van der Waals surface area contributed by atoms with Gasteiger partial charge in [-0.05, 0) is 12.0 Å². The van der Waals surface area contributed by atoms with E-state index in [0.717, 1.165) is 12.0 Å². The summed E-state index contributed by atoms with van der Waals surface area (Å²) in [6.45, 7) is 5.11. The number of nitrogens with one attached hydrogen (secondary N) is 2. The SMILES string of the molecule is CCN(CC)S(=O)(=O)CCNC(=O)NCCc1ccccc1. The van der Waals surface area contributed by atoms with Gasteiger partial charge in [-0.25, -0.2) is 17.5 Å². The van der Waals surface area contributed by atoms with Crippen LogP contribution in [0.4, 0.5) is 4.79 Å². The summed E-state index contributed by atoms with van der Waals surface area (Å²) in [6.07, 6.45) is 0.742. The second-order valence-corrected chi connectivity index (χ2v) is 6.91. The number of amides is 2. The molecule has 0 aliphatic carbocycles. The Hall–Kier alpha value is -1.60. The van der Waals surface area contributed by atoms with Crippen LogP contribution in [-0.2, 0) is 16.4 Å². The van der Waals surface area contributed by atoms with Crippen molar-refractivity contribution in [3.8, 4) is 0 Å². The van der Waals surface area contributed by atoms with E-state index >= 15 is 0 Å².